The molecule has 1 N–H and O–H groups in total. The van der Waals surface area contributed by atoms with Crippen LogP contribution in [0.4, 0.5) is 13.2 Å². The van der Waals surface area contributed by atoms with Gasteiger partial charge >= 0.3 is 12.1 Å². The Morgan fingerprint density at radius 3 is 2.64 bits per heavy atom. The van der Waals surface area contributed by atoms with Crippen molar-refractivity contribution >= 4 is 23.2 Å². The summed E-state index contributed by atoms with van der Waals surface area (Å²) in [7, 11) is 0. The third kappa shape index (κ3) is 4.84. The van der Waals surface area contributed by atoms with Crippen LogP contribution in [0.5, 0.6) is 0 Å². The SMILES string of the molecule is O=C(O)C(F)(F)F.O=C1CCCN1[C@@H]1CN(Cc2ccsc2)[C@@H]2CCCO[C@@H]21. The van der Waals surface area contributed by atoms with Crippen LogP contribution >= 0.6 is 11.3 Å². The third-order valence-corrected chi connectivity index (χ3v) is 6.05. The maximum absolute atomic E-state index is 12.1. The van der Waals surface area contributed by atoms with Gasteiger partial charge in [0.05, 0.1) is 12.1 Å². The highest BCUT2D eigenvalue weighted by Gasteiger charge is 2.48. The average Bonchev–Trinajstić information content (AvgIpc) is 3.36. The Morgan fingerprint density at radius 2 is 2.07 bits per heavy atom. The molecule has 1 aromatic rings. The number of carboxylic acids is 1. The van der Waals surface area contributed by atoms with Gasteiger partial charge in [0.15, 0.2) is 0 Å². The molecule has 0 saturated carbocycles. The van der Waals surface area contributed by atoms with E-state index >= 15 is 0 Å². The summed E-state index contributed by atoms with van der Waals surface area (Å²) in [5.41, 5.74) is 1.39. The lowest BCUT2D eigenvalue weighted by molar-refractivity contribution is -0.192. The number of thiophene rings is 1. The molecule has 3 atom stereocenters. The van der Waals surface area contributed by atoms with E-state index in [1.807, 2.05) is 0 Å². The first kappa shape index (κ1) is 21.1. The number of carbonyl (C=O) groups is 2. The van der Waals surface area contributed by atoms with E-state index in [1.54, 1.807) is 11.3 Å². The van der Waals surface area contributed by atoms with Gasteiger partial charge < -0.3 is 14.7 Å². The van der Waals surface area contributed by atoms with Crippen molar-refractivity contribution in [2.45, 2.75) is 56.6 Å². The Balaban J connectivity index is 0.000000279. The Hall–Kier alpha value is -1.65. The summed E-state index contributed by atoms with van der Waals surface area (Å²) in [6.45, 7) is 3.73. The Bertz CT molecular complexity index is 683. The molecular formula is C18H23F3N2O4S. The van der Waals surface area contributed by atoms with Crippen molar-refractivity contribution in [3.05, 3.63) is 22.4 Å². The van der Waals surface area contributed by atoms with Crippen molar-refractivity contribution in [2.24, 2.45) is 0 Å². The molecule has 0 spiro atoms. The highest BCUT2D eigenvalue weighted by Crippen LogP contribution is 2.34. The second kappa shape index (κ2) is 8.79. The van der Waals surface area contributed by atoms with E-state index in [0.29, 0.717) is 11.9 Å². The zero-order chi connectivity index (χ0) is 20.3. The number of hydrogen-bond acceptors (Lipinski definition) is 5. The number of halogens is 3. The monoisotopic (exact) mass is 420 g/mol. The van der Waals surface area contributed by atoms with Gasteiger partial charge in [-0.3, -0.25) is 9.69 Å². The molecule has 1 aromatic heterocycles. The molecule has 0 aromatic carbocycles. The summed E-state index contributed by atoms with van der Waals surface area (Å²) >= 11 is 1.76. The number of carboxylic acid groups (broad SMARTS) is 1. The van der Waals surface area contributed by atoms with Crippen molar-refractivity contribution in [3.8, 4) is 0 Å². The van der Waals surface area contributed by atoms with Crippen LogP contribution in [0.25, 0.3) is 0 Å². The molecular weight excluding hydrogens is 397 g/mol. The summed E-state index contributed by atoms with van der Waals surface area (Å²) < 4.78 is 37.8. The van der Waals surface area contributed by atoms with Crippen molar-refractivity contribution in [1.82, 2.24) is 9.80 Å². The van der Waals surface area contributed by atoms with Gasteiger partial charge in [0.25, 0.3) is 0 Å². The fraction of sp³-hybridized carbons (Fsp3) is 0.667. The van der Waals surface area contributed by atoms with Crippen molar-refractivity contribution in [1.29, 1.82) is 0 Å². The van der Waals surface area contributed by atoms with E-state index in [9.17, 15) is 18.0 Å². The molecule has 3 aliphatic rings. The number of ether oxygens (including phenoxy) is 1. The molecule has 4 rings (SSSR count). The van der Waals surface area contributed by atoms with Gasteiger partial charge in [0, 0.05) is 38.7 Å². The Morgan fingerprint density at radius 1 is 1.32 bits per heavy atom. The smallest absolute Gasteiger partial charge is 0.475 e. The number of alkyl halides is 3. The highest BCUT2D eigenvalue weighted by molar-refractivity contribution is 7.07. The van der Waals surface area contributed by atoms with Crippen LogP contribution in [0.3, 0.4) is 0 Å². The molecule has 0 bridgehead atoms. The number of hydrogen-bond donors (Lipinski definition) is 1. The second-order valence-electron chi connectivity index (χ2n) is 7.17. The van der Waals surface area contributed by atoms with Gasteiger partial charge in [-0.2, -0.15) is 24.5 Å². The Labute approximate surface area is 164 Å². The first-order valence-electron chi connectivity index (χ1n) is 9.23. The summed E-state index contributed by atoms with van der Waals surface area (Å²) in [6, 6.07) is 2.96. The van der Waals surface area contributed by atoms with Crippen LogP contribution in [0.2, 0.25) is 0 Å². The number of carbonyl (C=O) groups excluding carboxylic acids is 1. The predicted octanol–water partition coefficient (Wildman–Crippen LogP) is 2.74. The predicted molar refractivity (Wildman–Crippen MR) is 95.9 cm³/mol. The third-order valence-electron chi connectivity index (χ3n) is 5.32. The summed E-state index contributed by atoms with van der Waals surface area (Å²) in [5, 5.41) is 11.5. The lowest BCUT2D eigenvalue weighted by Crippen LogP contribution is -2.48. The molecule has 3 saturated heterocycles. The van der Waals surface area contributed by atoms with Gasteiger partial charge in [-0.25, -0.2) is 4.79 Å². The molecule has 156 valence electrons. The maximum Gasteiger partial charge on any atom is 0.490 e. The molecule has 6 nitrogen and oxygen atoms in total. The van der Waals surface area contributed by atoms with Crippen molar-refractivity contribution < 1.29 is 32.6 Å². The lowest BCUT2D eigenvalue weighted by atomic mass is 10.00. The molecule has 1 amide bonds. The first-order valence-corrected chi connectivity index (χ1v) is 10.2. The van der Waals surface area contributed by atoms with Crippen LogP contribution in [0, 0.1) is 0 Å². The topological polar surface area (TPSA) is 70.1 Å². The van der Waals surface area contributed by atoms with Crippen LogP contribution in [0.1, 0.15) is 31.2 Å². The fourth-order valence-electron chi connectivity index (χ4n) is 4.12. The number of rotatable bonds is 3. The minimum atomic E-state index is -5.08. The molecule has 0 aliphatic carbocycles. The number of nitrogens with zero attached hydrogens (tertiary/aromatic N) is 2. The van der Waals surface area contributed by atoms with Crippen LogP contribution in [0.15, 0.2) is 16.8 Å². The quantitative estimate of drug-likeness (QED) is 0.814. The molecule has 3 fully saturated rings. The second-order valence-corrected chi connectivity index (χ2v) is 7.95. The number of fused-ring (bicyclic) bond motifs is 1. The molecule has 0 radical (unpaired) electrons. The van der Waals surface area contributed by atoms with Crippen molar-refractivity contribution in [2.75, 3.05) is 19.7 Å². The van der Waals surface area contributed by atoms with E-state index < -0.39 is 12.1 Å². The number of aliphatic carboxylic acids is 1. The largest absolute Gasteiger partial charge is 0.490 e. The van der Waals surface area contributed by atoms with E-state index in [4.69, 9.17) is 14.6 Å². The molecule has 0 unspecified atom stereocenters. The van der Waals surface area contributed by atoms with Gasteiger partial charge in [0.2, 0.25) is 5.91 Å². The molecule has 28 heavy (non-hydrogen) atoms. The number of amides is 1. The first-order chi connectivity index (χ1) is 13.3. The standard InChI is InChI=1S/C16H22N2O2S.C2HF3O2/c19-15-4-1-6-18(15)14-10-17(9-12-5-8-21-11-12)13-3-2-7-20-16(13)14;3-2(4,5)1(6)7/h5,8,11,13-14,16H,1-4,6-7,9-10H2;(H,6,7)/t13-,14-,16+;/m1./s1. The summed E-state index contributed by atoms with van der Waals surface area (Å²) in [6.07, 6.45) is -0.787. The lowest BCUT2D eigenvalue weighted by Gasteiger charge is -2.34. The van der Waals surface area contributed by atoms with E-state index in [1.165, 1.54) is 12.0 Å². The molecule has 10 heteroatoms. The van der Waals surface area contributed by atoms with Gasteiger partial charge in [-0.05, 0) is 41.7 Å². The molecule has 4 heterocycles. The zero-order valence-corrected chi connectivity index (χ0v) is 16.0. The molecule has 3 aliphatic heterocycles. The number of likely N-dealkylation sites (tertiary alicyclic amines) is 2. The van der Waals surface area contributed by atoms with E-state index in [0.717, 1.165) is 45.5 Å². The van der Waals surface area contributed by atoms with Crippen LogP contribution in [-0.2, 0) is 20.9 Å². The summed E-state index contributed by atoms with van der Waals surface area (Å²) in [4.78, 5) is 25.6. The van der Waals surface area contributed by atoms with Gasteiger partial charge in [-0.15, -0.1) is 0 Å². The normalized spacial score (nSPS) is 28.0. The zero-order valence-electron chi connectivity index (χ0n) is 15.2. The average molecular weight is 420 g/mol. The van der Waals surface area contributed by atoms with Gasteiger partial charge in [-0.1, -0.05) is 0 Å². The van der Waals surface area contributed by atoms with Crippen molar-refractivity contribution in [3.63, 3.8) is 0 Å². The van der Waals surface area contributed by atoms with Gasteiger partial charge in [0.1, 0.15) is 0 Å². The minimum absolute atomic E-state index is 0.222. The fourth-order valence-corrected chi connectivity index (χ4v) is 4.78. The highest BCUT2D eigenvalue weighted by atomic mass is 32.1. The maximum atomic E-state index is 12.1. The summed E-state index contributed by atoms with van der Waals surface area (Å²) in [5.74, 6) is -2.43. The van der Waals surface area contributed by atoms with E-state index in [-0.39, 0.29) is 12.1 Å². The van der Waals surface area contributed by atoms with Crippen LogP contribution < -0.4 is 0 Å². The Kier molecular flexibility index (Phi) is 6.61. The minimum Gasteiger partial charge on any atom is -0.475 e. The van der Waals surface area contributed by atoms with Crippen LogP contribution in [-0.4, -0.2) is 70.8 Å². The van der Waals surface area contributed by atoms with E-state index in [2.05, 4.69) is 26.6 Å².